The van der Waals surface area contributed by atoms with Crippen molar-refractivity contribution in [1.29, 1.82) is 0 Å². The molecule has 0 saturated carbocycles. The lowest BCUT2D eigenvalue weighted by molar-refractivity contribution is 0.618. The number of pyridine rings is 1. The number of aromatic nitrogens is 1. The van der Waals surface area contributed by atoms with Gasteiger partial charge in [-0.1, -0.05) is 0 Å². The van der Waals surface area contributed by atoms with Crippen LogP contribution < -0.4 is 10.6 Å². The molecule has 0 spiro atoms. The Morgan fingerprint density at radius 3 is 2.94 bits per heavy atom. The van der Waals surface area contributed by atoms with Crippen LogP contribution in [-0.2, 0) is 6.54 Å². The van der Waals surface area contributed by atoms with Gasteiger partial charge in [0.1, 0.15) is 5.82 Å². The Kier molecular flexibility index (Phi) is 4.91. The van der Waals surface area contributed by atoms with E-state index in [1.807, 2.05) is 0 Å². The maximum Gasteiger partial charge on any atom is 0.191 e. The molecule has 88 valence electrons. The van der Waals surface area contributed by atoms with Gasteiger partial charge in [-0.2, -0.15) is 0 Å². The molecule has 2 heterocycles. The number of hydrogen-bond donors (Lipinski definition) is 2. The highest BCUT2D eigenvalue weighted by atomic mass is 127. The number of nitrogens with zero attached hydrogens (tertiary/aromatic N) is 2. The Morgan fingerprint density at radius 1 is 1.56 bits per heavy atom. The van der Waals surface area contributed by atoms with Crippen LogP contribution in [0.5, 0.6) is 0 Å². The lowest BCUT2D eigenvalue weighted by Crippen LogP contribution is -2.37. The second-order valence-electron chi connectivity index (χ2n) is 3.56. The SMILES string of the molecule is CC1CN=C(NCc2ccc(F)cn2)N1.I. The minimum Gasteiger partial charge on any atom is -0.352 e. The summed E-state index contributed by atoms with van der Waals surface area (Å²) in [4.78, 5) is 8.18. The summed E-state index contributed by atoms with van der Waals surface area (Å²) >= 11 is 0. The first kappa shape index (κ1) is 13.1. The summed E-state index contributed by atoms with van der Waals surface area (Å²) in [5, 5.41) is 6.27. The molecule has 0 fully saturated rings. The Labute approximate surface area is 111 Å². The topological polar surface area (TPSA) is 49.3 Å². The van der Waals surface area contributed by atoms with Gasteiger partial charge in [-0.15, -0.1) is 24.0 Å². The fourth-order valence-corrected chi connectivity index (χ4v) is 1.35. The Balaban J connectivity index is 0.00000128. The van der Waals surface area contributed by atoms with Gasteiger partial charge in [-0.3, -0.25) is 9.98 Å². The van der Waals surface area contributed by atoms with Crippen LogP contribution in [0.4, 0.5) is 4.39 Å². The summed E-state index contributed by atoms with van der Waals surface area (Å²) in [6.45, 7) is 3.41. The van der Waals surface area contributed by atoms with Crippen LogP contribution in [0.3, 0.4) is 0 Å². The van der Waals surface area contributed by atoms with E-state index in [0.29, 0.717) is 12.6 Å². The van der Waals surface area contributed by atoms with Gasteiger partial charge < -0.3 is 10.6 Å². The number of rotatable bonds is 2. The molecule has 0 aliphatic carbocycles. The smallest absolute Gasteiger partial charge is 0.191 e. The molecule has 1 aromatic heterocycles. The Morgan fingerprint density at radius 2 is 2.38 bits per heavy atom. The van der Waals surface area contributed by atoms with E-state index in [0.717, 1.165) is 18.2 Å². The minimum absolute atomic E-state index is 0. The van der Waals surface area contributed by atoms with Gasteiger partial charge in [0.15, 0.2) is 5.96 Å². The normalized spacial score (nSPS) is 18.4. The third-order valence-corrected chi connectivity index (χ3v) is 2.13. The number of aliphatic imine (C=N–C) groups is 1. The van der Waals surface area contributed by atoms with Gasteiger partial charge in [0.2, 0.25) is 0 Å². The van der Waals surface area contributed by atoms with Crippen LogP contribution in [0.25, 0.3) is 0 Å². The minimum atomic E-state index is -0.316. The first-order valence-electron chi connectivity index (χ1n) is 4.89. The molecular formula is C10H14FIN4. The number of hydrogen-bond acceptors (Lipinski definition) is 4. The van der Waals surface area contributed by atoms with Crippen LogP contribution in [0.15, 0.2) is 23.3 Å². The highest BCUT2D eigenvalue weighted by Gasteiger charge is 2.11. The number of halogens is 2. The molecule has 0 radical (unpaired) electrons. The highest BCUT2D eigenvalue weighted by molar-refractivity contribution is 14.0. The average Bonchev–Trinajstić information content (AvgIpc) is 2.64. The van der Waals surface area contributed by atoms with E-state index in [1.165, 1.54) is 12.3 Å². The van der Waals surface area contributed by atoms with Crippen molar-refractivity contribution in [3.8, 4) is 0 Å². The zero-order valence-electron chi connectivity index (χ0n) is 8.90. The van der Waals surface area contributed by atoms with Crippen LogP contribution in [0.2, 0.25) is 0 Å². The second-order valence-corrected chi connectivity index (χ2v) is 3.56. The fourth-order valence-electron chi connectivity index (χ4n) is 1.35. The molecule has 2 N–H and O–H groups in total. The van der Waals surface area contributed by atoms with Crippen molar-refractivity contribution in [2.45, 2.75) is 19.5 Å². The van der Waals surface area contributed by atoms with Crippen molar-refractivity contribution in [3.05, 3.63) is 29.8 Å². The maximum absolute atomic E-state index is 12.6. The first-order valence-corrected chi connectivity index (χ1v) is 4.89. The van der Waals surface area contributed by atoms with Gasteiger partial charge in [-0.25, -0.2) is 4.39 Å². The fraction of sp³-hybridized carbons (Fsp3) is 0.400. The molecule has 0 aromatic carbocycles. The molecular weight excluding hydrogens is 322 g/mol. The van der Waals surface area contributed by atoms with Gasteiger partial charge in [0.05, 0.1) is 25.0 Å². The molecule has 6 heteroatoms. The van der Waals surface area contributed by atoms with Crippen molar-refractivity contribution >= 4 is 29.9 Å². The van der Waals surface area contributed by atoms with Crippen molar-refractivity contribution in [1.82, 2.24) is 15.6 Å². The zero-order chi connectivity index (χ0) is 10.7. The molecule has 1 aliphatic rings. The molecule has 1 aliphatic heterocycles. The highest BCUT2D eigenvalue weighted by Crippen LogP contribution is 1.98. The molecule has 2 rings (SSSR count). The van der Waals surface area contributed by atoms with E-state index in [9.17, 15) is 4.39 Å². The van der Waals surface area contributed by atoms with E-state index < -0.39 is 0 Å². The molecule has 0 saturated heterocycles. The first-order chi connectivity index (χ1) is 7.24. The number of guanidine groups is 1. The Hall–Kier alpha value is -0.920. The van der Waals surface area contributed by atoms with E-state index in [4.69, 9.17) is 0 Å². The molecule has 16 heavy (non-hydrogen) atoms. The van der Waals surface area contributed by atoms with Crippen molar-refractivity contribution in [3.63, 3.8) is 0 Å². The molecule has 1 atom stereocenters. The molecule has 4 nitrogen and oxygen atoms in total. The zero-order valence-corrected chi connectivity index (χ0v) is 11.2. The van der Waals surface area contributed by atoms with E-state index in [1.54, 1.807) is 6.07 Å². The van der Waals surface area contributed by atoms with Crippen molar-refractivity contribution in [2.75, 3.05) is 6.54 Å². The van der Waals surface area contributed by atoms with Crippen LogP contribution in [-0.4, -0.2) is 23.5 Å². The molecule has 1 aromatic rings. The standard InChI is InChI=1S/C10H13FN4.HI/c1-7-4-13-10(15-7)14-6-9-3-2-8(11)5-12-9;/h2-3,5,7H,4,6H2,1H3,(H2,13,14,15);1H. The second kappa shape index (κ2) is 5.97. The van der Waals surface area contributed by atoms with Crippen molar-refractivity contribution in [2.24, 2.45) is 4.99 Å². The van der Waals surface area contributed by atoms with Crippen LogP contribution >= 0.6 is 24.0 Å². The molecule has 0 bridgehead atoms. The lowest BCUT2D eigenvalue weighted by atomic mass is 10.3. The van der Waals surface area contributed by atoms with Crippen LogP contribution in [0, 0.1) is 5.82 Å². The van der Waals surface area contributed by atoms with Gasteiger partial charge in [0, 0.05) is 6.04 Å². The Bertz CT molecular complexity index is 366. The predicted octanol–water partition coefficient (Wildman–Crippen LogP) is 1.28. The predicted molar refractivity (Wildman–Crippen MR) is 71.3 cm³/mol. The third-order valence-electron chi connectivity index (χ3n) is 2.13. The largest absolute Gasteiger partial charge is 0.352 e. The summed E-state index contributed by atoms with van der Waals surface area (Å²) in [6.07, 6.45) is 1.21. The maximum atomic E-state index is 12.6. The average molecular weight is 336 g/mol. The van der Waals surface area contributed by atoms with E-state index in [2.05, 4.69) is 27.5 Å². The monoisotopic (exact) mass is 336 g/mol. The van der Waals surface area contributed by atoms with E-state index in [-0.39, 0.29) is 29.8 Å². The quantitative estimate of drug-likeness (QED) is 0.800. The summed E-state index contributed by atoms with van der Waals surface area (Å²) in [5.41, 5.74) is 0.792. The summed E-state index contributed by atoms with van der Waals surface area (Å²) < 4.78 is 12.6. The summed E-state index contributed by atoms with van der Waals surface area (Å²) in [6, 6.07) is 3.44. The van der Waals surface area contributed by atoms with Crippen molar-refractivity contribution < 1.29 is 4.39 Å². The molecule has 0 amide bonds. The summed E-state index contributed by atoms with van der Waals surface area (Å²) in [7, 11) is 0. The van der Waals surface area contributed by atoms with Gasteiger partial charge >= 0.3 is 0 Å². The number of nitrogens with one attached hydrogen (secondary N) is 2. The lowest BCUT2D eigenvalue weighted by Gasteiger charge is -2.07. The third kappa shape index (κ3) is 3.58. The summed E-state index contributed by atoms with van der Waals surface area (Å²) in [5.74, 6) is 0.470. The van der Waals surface area contributed by atoms with Gasteiger partial charge in [-0.05, 0) is 19.1 Å². The van der Waals surface area contributed by atoms with Crippen LogP contribution in [0.1, 0.15) is 12.6 Å². The molecule has 1 unspecified atom stereocenters. The van der Waals surface area contributed by atoms with Gasteiger partial charge in [0.25, 0.3) is 0 Å². The van der Waals surface area contributed by atoms with E-state index >= 15 is 0 Å².